The fraction of sp³-hybridized carbons (Fsp3) is 0.286. The van der Waals surface area contributed by atoms with Gasteiger partial charge in [-0.1, -0.05) is 18.2 Å². The molecular formula is C14H16N2O3S2. The van der Waals surface area contributed by atoms with E-state index in [1.54, 1.807) is 11.4 Å². The molecule has 5 nitrogen and oxygen atoms in total. The van der Waals surface area contributed by atoms with Crippen LogP contribution in [0.25, 0.3) is 0 Å². The number of ether oxygens (including phenoxy) is 1. The molecule has 21 heavy (non-hydrogen) atoms. The van der Waals surface area contributed by atoms with Crippen molar-refractivity contribution in [1.82, 2.24) is 4.72 Å². The Hall–Kier alpha value is -1.41. The van der Waals surface area contributed by atoms with Crippen molar-refractivity contribution in [3.05, 3.63) is 46.2 Å². The maximum absolute atomic E-state index is 12.6. The highest BCUT2D eigenvalue weighted by molar-refractivity contribution is 7.89. The molecule has 0 saturated carbocycles. The van der Waals surface area contributed by atoms with Gasteiger partial charge >= 0.3 is 0 Å². The van der Waals surface area contributed by atoms with Crippen LogP contribution in [0.2, 0.25) is 0 Å². The minimum absolute atomic E-state index is 0.221. The second-order valence-corrected chi connectivity index (χ2v) is 7.44. The van der Waals surface area contributed by atoms with Gasteiger partial charge in [-0.25, -0.2) is 13.1 Å². The predicted octanol–water partition coefficient (Wildman–Crippen LogP) is 2.01. The lowest BCUT2D eigenvalue weighted by Gasteiger charge is -2.26. The van der Waals surface area contributed by atoms with E-state index < -0.39 is 10.0 Å². The summed E-state index contributed by atoms with van der Waals surface area (Å²) in [4.78, 5) is 0.946. The number of para-hydroxylation sites is 1. The van der Waals surface area contributed by atoms with Gasteiger partial charge in [0.15, 0.2) is 0 Å². The molecule has 3 rings (SSSR count). The summed E-state index contributed by atoms with van der Waals surface area (Å²) in [6.07, 6.45) is 0.609. The zero-order valence-corrected chi connectivity index (χ0v) is 12.9. The molecule has 0 amide bonds. The molecule has 1 aromatic carbocycles. The lowest BCUT2D eigenvalue weighted by Crippen LogP contribution is -2.32. The average Bonchev–Trinajstić information content (AvgIpc) is 2.97. The molecule has 1 aliphatic rings. The summed E-state index contributed by atoms with van der Waals surface area (Å²) in [5, 5.41) is 1.74. The molecule has 0 saturated heterocycles. The summed E-state index contributed by atoms with van der Waals surface area (Å²) in [6.45, 7) is 0.718. The summed E-state index contributed by atoms with van der Waals surface area (Å²) in [7, 11) is -3.58. The lowest BCUT2D eigenvalue weighted by atomic mass is 10.0. The minimum Gasteiger partial charge on any atom is -0.493 e. The first-order valence-electron chi connectivity index (χ1n) is 6.62. The van der Waals surface area contributed by atoms with Crippen molar-refractivity contribution >= 4 is 21.4 Å². The fourth-order valence-corrected chi connectivity index (χ4v) is 5.02. The summed E-state index contributed by atoms with van der Waals surface area (Å²) >= 11 is 1.36. The first kappa shape index (κ1) is 14.5. The zero-order chi connectivity index (χ0) is 14.9. The summed E-state index contributed by atoms with van der Waals surface area (Å²) in [5.41, 5.74) is 6.47. The molecule has 0 radical (unpaired) electrons. The van der Waals surface area contributed by atoms with Crippen LogP contribution in [-0.4, -0.2) is 15.0 Å². The second-order valence-electron chi connectivity index (χ2n) is 4.76. The van der Waals surface area contributed by atoms with Crippen molar-refractivity contribution in [2.24, 2.45) is 5.73 Å². The molecule has 112 valence electrons. The van der Waals surface area contributed by atoms with E-state index in [1.165, 1.54) is 11.3 Å². The Labute approximate surface area is 127 Å². The average molecular weight is 324 g/mol. The van der Waals surface area contributed by atoms with Crippen molar-refractivity contribution in [3.8, 4) is 5.75 Å². The van der Waals surface area contributed by atoms with Crippen LogP contribution in [-0.2, 0) is 16.6 Å². The Morgan fingerprint density at radius 1 is 1.33 bits per heavy atom. The van der Waals surface area contributed by atoms with Gasteiger partial charge in [0, 0.05) is 23.4 Å². The molecule has 1 unspecified atom stereocenters. The third-order valence-electron chi connectivity index (χ3n) is 3.44. The van der Waals surface area contributed by atoms with Crippen LogP contribution in [0, 0.1) is 0 Å². The van der Waals surface area contributed by atoms with Crippen LogP contribution >= 0.6 is 11.3 Å². The molecule has 3 N–H and O–H groups in total. The Balaban J connectivity index is 1.91. The van der Waals surface area contributed by atoms with Crippen molar-refractivity contribution in [2.75, 3.05) is 6.61 Å². The third-order valence-corrected chi connectivity index (χ3v) is 6.06. The molecule has 7 heteroatoms. The van der Waals surface area contributed by atoms with Gasteiger partial charge in [-0.2, -0.15) is 0 Å². The topological polar surface area (TPSA) is 81.4 Å². The number of nitrogens with one attached hydrogen (secondary N) is 1. The number of rotatable bonds is 4. The molecule has 2 aromatic rings. The molecule has 1 aliphatic heterocycles. The van der Waals surface area contributed by atoms with E-state index in [0.717, 1.165) is 11.3 Å². The van der Waals surface area contributed by atoms with Gasteiger partial charge in [0.25, 0.3) is 0 Å². The maximum Gasteiger partial charge on any atom is 0.242 e. The van der Waals surface area contributed by atoms with Crippen molar-refractivity contribution < 1.29 is 13.2 Å². The Morgan fingerprint density at radius 3 is 2.95 bits per heavy atom. The van der Waals surface area contributed by atoms with Crippen LogP contribution in [0.15, 0.2) is 40.6 Å². The van der Waals surface area contributed by atoms with E-state index in [1.807, 2.05) is 24.3 Å². The highest BCUT2D eigenvalue weighted by atomic mass is 32.2. The summed E-state index contributed by atoms with van der Waals surface area (Å²) in [6, 6.07) is 8.82. The van der Waals surface area contributed by atoms with Crippen LogP contribution < -0.4 is 15.2 Å². The Morgan fingerprint density at radius 2 is 2.14 bits per heavy atom. The summed E-state index contributed by atoms with van der Waals surface area (Å²) in [5.74, 6) is 0.737. The predicted molar refractivity (Wildman–Crippen MR) is 81.8 cm³/mol. The smallest absolute Gasteiger partial charge is 0.242 e. The second kappa shape index (κ2) is 5.76. The van der Waals surface area contributed by atoms with E-state index in [9.17, 15) is 8.42 Å². The zero-order valence-electron chi connectivity index (χ0n) is 11.3. The normalized spacial score (nSPS) is 18.0. The van der Waals surface area contributed by atoms with Crippen molar-refractivity contribution in [3.63, 3.8) is 0 Å². The third kappa shape index (κ3) is 2.82. The largest absolute Gasteiger partial charge is 0.493 e. The molecule has 0 fully saturated rings. The van der Waals surface area contributed by atoms with E-state index in [-0.39, 0.29) is 17.5 Å². The van der Waals surface area contributed by atoms with Crippen LogP contribution in [0.5, 0.6) is 5.75 Å². The van der Waals surface area contributed by atoms with Gasteiger partial charge in [-0.15, -0.1) is 11.3 Å². The quantitative estimate of drug-likeness (QED) is 0.901. The Kier molecular flexibility index (Phi) is 3.99. The van der Waals surface area contributed by atoms with Crippen LogP contribution in [0.3, 0.4) is 0 Å². The molecule has 0 bridgehead atoms. The molecular weight excluding hydrogens is 308 g/mol. The number of benzene rings is 1. The lowest BCUT2D eigenvalue weighted by molar-refractivity contribution is 0.263. The van der Waals surface area contributed by atoms with Gasteiger partial charge < -0.3 is 10.5 Å². The van der Waals surface area contributed by atoms with Gasteiger partial charge in [0.2, 0.25) is 10.0 Å². The van der Waals surface area contributed by atoms with Crippen LogP contribution in [0.1, 0.15) is 22.9 Å². The standard InChI is InChI=1S/C14H16N2O3S2/c15-9-13-14(6-8-20-13)21(17,18)16-11-5-7-19-12-4-2-1-3-10(11)12/h1-4,6,8,11,16H,5,7,9,15H2. The highest BCUT2D eigenvalue weighted by Gasteiger charge is 2.28. The van der Waals surface area contributed by atoms with E-state index in [4.69, 9.17) is 10.5 Å². The molecule has 1 atom stereocenters. The minimum atomic E-state index is -3.58. The first-order valence-corrected chi connectivity index (χ1v) is 8.98. The van der Waals surface area contributed by atoms with Gasteiger partial charge in [-0.3, -0.25) is 0 Å². The van der Waals surface area contributed by atoms with E-state index in [0.29, 0.717) is 17.9 Å². The maximum atomic E-state index is 12.6. The van der Waals surface area contributed by atoms with Gasteiger partial charge in [-0.05, 0) is 17.5 Å². The molecule has 2 heterocycles. The molecule has 1 aromatic heterocycles. The van der Waals surface area contributed by atoms with Gasteiger partial charge in [0.1, 0.15) is 5.75 Å². The number of sulfonamides is 1. The molecule has 0 spiro atoms. The number of thiophene rings is 1. The monoisotopic (exact) mass is 324 g/mol. The highest BCUT2D eigenvalue weighted by Crippen LogP contribution is 2.33. The SMILES string of the molecule is NCc1sccc1S(=O)(=O)NC1CCOc2ccccc21. The van der Waals surface area contributed by atoms with Crippen molar-refractivity contribution in [2.45, 2.75) is 23.9 Å². The number of hydrogen-bond donors (Lipinski definition) is 2. The van der Waals surface area contributed by atoms with Crippen molar-refractivity contribution in [1.29, 1.82) is 0 Å². The van der Waals surface area contributed by atoms with Gasteiger partial charge in [0.05, 0.1) is 17.5 Å². The van der Waals surface area contributed by atoms with E-state index >= 15 is 0 Å². The first-order chi connectivity index (χ1) is 10.1. The molecule has 0 aliphatic carbocycles. The fourth-order valence-electron chi connectivity index (χ4n) is 2.43. The number of hydrogen-bond acceptors (Lipinski definition) is 5. The van der Waals surface area contributed by atoms with Crippen LogP contribution in [0.4, 0.5) is 0 Å². The number of fused-ring (bicyclic) bond motifs is 1. The summed E-state index contributed by atoms with van der Waals surface area (Å²) < 4.78 is 33.4. The Bertz CT molecular complexity index is 740. The number of nitrogens with two attached hydrogens (primary N) is 1. The van der Waals surface area contributed by atoms with E-state index in [2.05, 4.69) is 4.72 Å².